The molecule has 0 saturated carbocycles. The molecule has 1 heterocycles. The van der Waals surface area contributed by atoms with E-state index in [2.05, 4.69) is 0 Å². The van der Waals surface area contributed by atoms with Crippen LogP contribution in [-0.4, -0.2) is 45.3 Å². The van der Waals surface area contributed by atoms with E-state index in [0.717, 1.165) is 18.2 Å². The molecule has 1 N–H and O–H groups in total. The van der Waals surface area contributed by atoms with Crippen molar-refractivity contribution in [2.24, 2.45) is 0 Å². The number of benzene rings is 1. The molecule has 1 atom stereocenters. The van der Waals surface area contributed by atoms with Crippen molar-refractivity contribution < 1.29 is 23.9 Å². The Balaban J connectivity index is 2.05. The van der Waals surface area contributed by atoms with Crippen LogP contribution in [-0.2, 0) is 9.59 Å². The van der Waals surface area contributed by atoms with Crippen molar-refractivity contribution >= 4 is 29.4 Å². The molecular formula is C14H12FNO4S. The Morgan fingerprint density at radius 3 is 2.76 bits per heavy atom. The van der Waals surface area contributed by atoms with Crippen LogP contribution in [0, 0.1) is 5.82 Å². The third-order valence-electron chi connectivity index (χ3n) is 2.94. The fraction of sp³-hybridized carbons (Fsp3) is 0.214. The first kappa shape index (κ1) is 15.2. The molecule has 0 aromatic heterocycles. The van der Waals surface area contributed by atoms with Crippen LogP contribution < -0.4 is 0 Å². The zero-order valence-electron chi connectivity index (χ0n) is 10.9. The van der Waals surface area contributed by atoms with Gasteiger partial charge in [-0.15, -0.1) is 11.8 Å². The van der Waals surface area contributed by atoms with E-state index < -0.39 is 29.5 Å². The first-order valence-corrected chi connectivity index (χ1v) is 7.23. The molecule has 110 valence electrons. The summed E-state index contributed by atoms with van der Waals surface area (Å²) < 4.78 is 13.0. The summed E-state index contributed by atoms with van der Waals surface area (Å²) in [5, 5.41) is 8.98. The molecule has 1 saturated heterocycles. The smallest absolute Gasteiger partial charge is 0.327 e. The number of carbonyl (C=O) groups excluding carboxylic acids is 2. The summed E-state index contributed by atoms with van der Waals surface area (Å²) in [5.41, 5.74) is 0.129. The largest absolute Gasteiger partial charge is 0.480 e. The zero-order valence-corrected chi connectivity index (χ0v) is 11.7. The number of allylic oxidation sites excluding steroid dienone is 1. The quantitative estimate of drug-likeness (QED) is 0.675. The van der Waals surface area contributed by atoms with E-state index in [1.54, 1.807) is 0 Å². The second-order valence-electron chi connectivity index (χ2n) is 4.37. The number of carboxylic acids is 1. The zero-order chi connectivity index (χ0) is 15.4. The van der Waals surface area contributed by atoms with Gasteiger partial charge in [0.2, 0.25) is 5.91 Å². The van der Waals surface area contributed by atoms with E-state index in [-0.39, 0.29) is 11.4 Å². The average molecular weight is 309 g/mol. The van der Waals surface area contributed by atoms with Crippen LogP contribution >= 0.6 is 11.8 Å². The Bertz CT molecular complexity index is 617. The highest BCUT2D eigenvalue weighted by molar-refractivity contribution is 7.99. The summed E-state index contributed by atoms with van der Waals surface area (Å²) >= 11 is 1.34. The maximum Gasteiger partial charge on any atom is 0.327 e. The van der Waals surface area contributed by atoms with Crippen molar-refractivity contribution in [3.8, 4) is 0 Å². The number of ketones is 1. The first-order chi connectivity index (χ1) is 9.99. The van der Waals surface area contributed by atoms with E-state index in [9.17, 15) is 18.8 Å². The van der Waals surface area contributed by atoms with Gasteiger partial charge in [-0.25, -0.2) is 9.18 Å². The number of hydrogen-bond acceptors (Lipinski definition) is 4. The van der Waals surface area contributed by atoms with Crippen LogP contribution in [0.5, 0.6) is 0 Å². The summed E-state index contributed by atoms with van der Waals surface area (Å²) in [6.45, 7) is 0. The fourth-order valence-electron chi connectivity index (χ4n) is 1.85. The Hall–Kier alpha value is -2.15. The lowest BCUT2D eigenvalue weighted by Crippen LogP contribution is -2.40. The molecule has 1 aromatic carbocycles. The monoisotopic (exact) mass is 309 g/mol. The van der Waals surface area contributed by atoms with Crippen molar-refractivity contribution in [3.05, 3.63) is 47.8 Å². The van der Waals surface area contributed by atoms with E-state index in [1.807, 2.05) is 0 Å². The second kappa shape index (κ2) is 6.53. The van der Waals surface area contributed by atoms with Gasteiger partial charge in [0.25, 0.3) is 0 Å². The van der Waals surface area contributed by atoms with Gasteiger partial charge in [0.1, 0.15) is 11.9 Å². The molecule has 7 heteroatoms. The van der Waals surface area contributed by atoms with Gasteiger partial charge in [0.15, 0.2) is 5.78 Å². The molecule has 1 aromatic rings. The maximum absolute atomic E-state index is 13.0. The summed E-state index contributed by atoms with van der Waals surface area (Å²) in [6, 6.07) is 4.24. The normalized spacial score (nSPS) is 18.1. The minimum Gasteiger partial charge on any atom is -0.480 e. The van der Waals surface area contributed by atoms with Crippen molar-refractivity contribution in [2.45, 2.75) is 6.04 Å². The topological polar surface area (TPSA) is 74.7 Å². The molecule has 0 bridgehead atoms. The van der Waals surface area contributed by atoms with Crippen molar-refractivity contribution in [1.82, 2.24) is 4.90 Å². The molecule has 0 spiro atoms. The van der Waals surface area contributed by atoms with Gasteiger partial charge >= 0.3 is 5.97 Å². The van der Waals surface area contributed by atoms with Gasteiger partial charge in [-0.1, -0.05) is 12.1 Å². The lowest BCUT2D eigenvalue weighted by atomic mass is 10.1. The molecule has 5 nitrogen and oxygen atoms in total. The van der Waals surface area contributed by atoms with Gasteiger partial charge in [-0.05, 0) is 18.2 Å². The van der Waals surface area contributed by atoms with Gasteiger partial charge in [0.05, 0.1) is 5.88 Å². The van der Waals surface area contributed by atoms with Gasteiger partial charge in [-0.2, -0.15) is 0 Å². The molecule has 1 aliphatic rings. The first-order valence-electron chi connectivity index (χ1n) is 6.08. The summed E-state index contributed by atoms with van der Waals surface area (Å²) in [5.74, 6) is -2.07. The number of aliphatic carboxylic acids is 1. The van der Waals surface area contributed by atoms with Gasteiger partial charge < -0.3 is 10.0 Å². The lowest BCUT2D eigenvalue weighted by Gasteiger charge is -2.18. The predicted molar refractivity (Wildman–Crippen MR) is 75.5 cm³/mol. The summed E-state index contributed by atoms with van der Waals surface area (Å²) in [7, 11) is 0. The molecule has 1 aliphatic heterocycles. The van der Waals surface area contributed by atoms with E-state index >= 15 is 0 Å². The standard InChI is InChI=1S/C14H12FNO4S/c15-10-3-1-2-9(6-10)12(17)4-5-13(18)16-8-21-7-11(16)14(19)20/h1-6,11H,7-8H2,(H,19,20)/t11-/m0/s1. The summed E-state index contributed by atoms with van der Waals surface area (Å²) in [6.07, 6.45) is 2.05. The van der Waals surface area contributed by atoms with Gasteiger partial charge in [0, 0.05) is 17.4 Å². The van der Waals surface area contributed by atoms with Crippen molar-refractivity contribution in [3.63, 3.8) is 0 Å². The summed E-state index contributed by atoms with van der Waals surface area (Å²) in [4.78, 5) is 35.8. The lowest BCUT2D eigenvalue weighted by molar-refractivity contribution is -0.146. The van der Waals surface area contributed by atoms with Crippen LogP contribution in [0.25, 0.3) is 0 Å². The minimum absolute atomic E-state index is 0.129. The molecule has 2 rings (SSSR count). The molecule has 0 aliphatic carbocycles. The number of nitrogens with zero attached hydrogens (tertiary/aromatic N) is 1. The molecule has 1 fully saturated rings. The number of amides is 1. The van der Waals surface area contributed by atoms with Gasteiger partial charge in [-0.3, -0.25) is 9.59 Å². The molecule has 0 radical (unpaired) electrons. The Kier molecular flexibility index (Phi) is 4.74. The number of carboxylic acid groups (broad SMARTS) is 1. The predicted octanol–water partition coefficient (Wildman–Crippen LogP) is 1.55. The number of carbonyl (C=O) groups is 3. The molecule has 1 amide bonds. The van der Waals surface area contributed by atoms with Crippen LogP contribution in [0.2, 0.25) is 0 Å². The minimum atomic E-state index is -1.07. The SMILES string of the molecule is O=C(C=CC(=O)N1CSC[C@H]1C(=O)O)c1cccc(F)c1. The Labute approximate surface area is 124 Å². The molecule has 21 heavy (non-hydrogen) atoms. The van der Waals surface area contributed by atoms with Crippen molar-refractivity contribution in [1.29, 1.82) is 0 Å². The highest BCUT2D eigenvalue weighted by atomic mass is 32.2. The fourth-order valence-corrected chi connectivity index (χ4v) is 3.00. The highest BCUT2D eigenvalue weighted by Gasteiger charge is 2.33. The van der Waals surface area contributed by atoms with E-state index in [0.29, 0.717) is 5.75 Å². The van der Waals surface area contributed by atoms with Crippen LogP contribution in [0.15, 0.2) is 36.4 Å². The molecule has 0 unspecified atom stereocenters. The number of rotatable bonds is 4. The highest BCUT2D eigenvalue weighted by Crippen LogP contribution is 2.21. The van der Waals surface area contributed by atoms with Crippen LogP contribution in [0.3, 0.4) is 0 Å². The number of thioether (sulfide) groups is 1. The van der Waals surface area contributed by atoms with Crippen LogP contribution in [0.1, 0.15) is 10.4 Å². The number of halogens is 1. The Morgan fingerprint density at radius 1 is 1.33 bits per heavy atom. The third kappa shape index (κ3) is 3.69. The van der Waals surface area contributed by atoms with E-state index in [1.165, 1.54) is 34.9 Å². The maximum atomic E-state index is 13.0. The van der Waals surface area contributed by atoms with Crippen molar-refractivity contribution in [2.75, 3.05) is 11.6 Å². The van der Waals surface area contributed by atoms with Crippen LogP contribution in [0.4, 0.5) is 4.39 Å². The average Bonchev–Trinajstić information content (AvgIpc) is 2.94. The van der Waals surface area contributed by atoms with E-state index in [4.69, 9.17) is 5.11 Å². The Morgan fingerprint density at radius 2 is 2.10 bits per heavy atom. The number of hydrogen-bond donors (Lipinski definition) is 1. The third-order valence-corrected chi connectivity index (χ3v) is 3.95. The second-order valence-corrected chi connectivity index (χ2v) is 5.37. The molecular weight excluding hydrogens is 297 g/mol.